The first kappa shape index (κ1) is 30.7. The number of benzene rings is 1. The Hall–Kier alpha value is -3.36. The van der Waals surface area contributed by atoms with Gasteiger partial charge < -0.3 is 25.0 Å². The molecule has 2 N–H and O–H groups in total. The molecular weight excluding hydrogens is 462 g/mol. The SMILES string of the molecule is C=Cc1cccc(C(C(=O)NCC(=O)OC)N(C(=O)C(NC(=O)OC(C)(C)C)C(C)C)C(C)CC)c1. The van der Waals surface area contributed by atoms with Crippen molar-refractivity contribution in [2.75, 3.05) is 13.7 Å². The van der Waals surface area contributed by atoms with E-state index < -0.39 is 41.6 Å². The highest BCUT2D eigenvalue weighted by Gasteiger charge is 2.39. The first-order chi connectivity index (χ1) is 16.7. The van der Waals surface area contributed by atoms with E-state index >= 15 is 0 Å². The molecule has 3 atom stereocenters. The van der Waals surface area contributed by atoms with Gasteiger partial charge in [-0.25, -0.2) is 4.79 Å². The van der Waals surface area contributed by atoms with Crippen molar-refractivity contribution in [2.45, 2.75) is 78.6 Å². The van der Waals surface area contributed by atoms with Crippen molar-refractivity contribution in [3.8, 4) is 0 Å². The van der Waals surface area contributed by atoms with Crippen LogP contribution in [0.25, 0.3) is 6.08 Å². The zero-order valence-corrected chi connectivity index (χ0v) is 22.7. The van der Waals surface area contributed by atoms with Crippen molar-refractivity contribution in [1.82, 2.24) is 15.5 Å². The summed E-state index contributed by atoms with van der Waals surface area (Å²) in [5.41, 5.74) is 0.567. The van der Waals surface area contributed by atoms with Crippen LogP contribution in [-0.4, -0.2) is 60.1 Å². The standard InChI is InChI=1S/C27H41N3O6/c1-10-18(5)30(25(33)22(17(3)4)29-26(34)36-27(6,7)8)23(24(32)28-16-21(31)35-9)20-14-12-13-19(11-2)15-20/h11-15,17-18,22-23H,2,10,16H2,1,3-9H3,(H,28,32)(H,29,34). The molecule has 36 heavy (non-hydrogen) atoms. The van der Waals surface area contributed by atoms with Crippen LogP contribution < -0.4 is 10.6 Å². The lowest BCUT2D eigenvalue weighted by Crippen LogP contribution is -2.57. The highest BCUT2D eigenvalue weighted by molar-refractivity contribution is 5.93. The Labute approximate surface area is 214 Å². The smallest absolute Gasteiger partial charge is 0.408 e. The summed E-state index contributed by atoms with van der Waals surface area (Å²) >= 11 is 0. The van der Waals surface area contributed by atoms with Crippen molar-refractivity contribution in [1.29, 1.82) is 0 Å². The van der Waals surface area contributed by atoms with Gasteiger partial charge in [-0.2, -0.15) is 0 Å². The Morgan fingerprint density at radius 3 is 2.28 bits per heavy atom. The van der Waals surface area contributed by atoms with E-state index in [9.17, 15) is 19.2 Å². The van der Waals surface area contributed by atoms with Gasteiger partial charge in [-0.05, 0) is 57.2 Å². The van der Waals surface area contributed by atoms with Crippen molar-refractivity contribution >= 4 is 30.0 Å². The van der Waals surface area contributed by atoms with Crippen LogP contribution in [0.5, 0.6) is 0 Å². The van der Waals surface area contributed by atoms with E-state index in [1.54, 1.807) is 58.9 Å². The maximum Gasteiger partial charge on any atom is 0.408 e. The van der Waals surface area contributed by atoms with Crippen LogP contribution in [0.3, 0.4) is 0 Å². The number of hydrogen-bond acceptors (Lipinski definition) is 6. The van der Waals surface area contributed by atoms with Crippen LogP contribution in [0, 0.1) is 5.92 Å². The molecule has 0 saturated carbocycles. The number of carbonyl (C=O) groups is 4. The molecule has 9 nitrogen and oxygen atoms in total. The number of rotatable bonds is 11. The number of esters is 1. The molecule has 3 unspecified atom stereocenters. The Morgan fingerprint density at radius 2 is 1.78 bits per heavy atom. The van der Waals surface area contributed by atoms with Gasteiger partial charge in [0.25, 0.3) is 0 Å². The lowest BCUT2D eigenvalue weighted by molar-refractivity contribution is -0.147. The van der Waals surface area contributed by atoms with Gasteiger partial charge in [0.15, 0.2) is 0 Å². The number of hydrogen-bond donors (Lipinski definition) is 2. The number of ether oxygens (including phenoxy) is 2. The average molecular weight is 504 g/mol. The van der Waals surface area contributed by atoms with E-state index in [0.29, 0.717) is 12.0 Å². The second kappa shape index (κ2) is 13.7. The minimum Gasteiger partial charge on any atom is -0.468 e. The van der Waals surface area contributed by atoms with E-state index in [2.05, 4.69) is 21.9 Å². The quantitative estimate of drug-likeness (QED) is 0.444. The summed E-state index contributed by atoms with van der Waals surface area (Å²) in [5.74, 6) is -1.90. The van der Waals surface area contributed by atoms with E-state index in [1.807, 2.05) is 19.9 Å². The van der Waals surface area contributed by atoms with Crippen LogP contribution in [-0.2, 0) is 23.9 Å². The first-order valence-electron chi connectivity index (χ1n) is 12.1. The summed E-state index contributed by atoms with van der Waals surface area (Å²) < 4.78 is 10.0. The molecule has 1 rings (SSSR count). The number of nitrogens with one attached hydrogen (secondary N) is 2. The molecule has 0 saturated heterocycles. The maximum absolute atomic E-state index is 14.0. The third-order valence-electron chi connectivity index (χ3n) is 5.55. The van der Waals surface area contributed by atoms with Crippen LogP contribution in [0.2, 0.25) is 0 Å². The molecule has 1 aromatic carbocycles. The average Bonchev–Trinajstić information content (AvgIpc) is 2.81. The third-order valence-corrected chi connectivity index (χ3v) is 5.55. The molecule has 9 heteroatoms. The molecule has 1 aromatic rings. The Bertz CT molecular complexity index is 938. The number of alkyl carbamates (subject to hydrolysis) is 1. The Morgan fingerprint density at radius 1 is 1.14 bits per heavy atom. The van der Waals surface area contributed by atoms with Gasteiger partial charge >= 0.3 is 12.1 Å². The highest BCUT2D eigenvalue weighted by Crippen LogP contribution is 2.28. The molecule has 0 aliphatic heterocycles. The highest BCUT2D eigenvalue weighted by atomic mass is 16.6. The second-order valence-electron chi connectivity index (χ2n) is 9.94. The van der Waals surface area contributed by atoms with Crippen molar-refractivity contribution < 1.29 is 28.7 Å². The van der Waals surface area contributed by atoms with Crippen LogP contribution in [0.4, 0.5) is 4.79 Å². The first-order valence-corrected chi connectivity index (χ1v) is 12.1. The van der Waals surface area contributed by atoms with E-state index in [-0.39, 0.29) is 18.5 Å². The summed E-state index contributed by atoms with van der Waals surface area (Å²) in [6.45, 7) is 16.0. The van der Waals surface area contributed by atoms with Gasteiger partial charge in [-0.15, -0.1) is 0 Å². The molecule has 0 aliphatic carbocycles. The summed E-state index contributed by atoms with van der Waals surface area (Å²) in [5, 5.41) is 5.26. The van der Waals surface area contributed by atoms with Gasteiger partial charge in [-0.1, -0.05) is 51.6 Å². The molecule has 0 aliphatic rings. The molecule has 0 heterocycles. The van der Waals surface area contributed by atoms with Gasteiger partial charge in [0, 0.05) is 6.04 Å². The molecule has 200 valence electrons. The van der Waals surface area contributed by atoms with Crippen LogP contribution >= 0.6 is 0 Å². The predicted molar refractivity (Wildman–Crippen MR) is 139 cm³/mol. The summed E-state index contributed by atoms with van der Waals surface area (Å²) in [7, 11) is 1.23. The van der Waals surface area contributed by atoms with Crippen molar-refractivity contribution in [3.05, 3.63) is 42.0 Å². The zero-order chi connectivity index (χ0) is 27.6. The third kappa shape index (κ3) is 9.02. The summed E-state index contributed by atoms with van der Waals surface area (Å²) in [6, 6.07) is 4.71. The van der Waals surface area contributed by atoms with Crippen molar-refractivity contribution in [3.63, 3.8) is 0 Å². The lowest BCUT2D eigenvalue weighted by Gasteiger charge is -2.39. The number of carbonyl (C=O) groups excluding carboxylic acids is 4. The largest absolute Gasteiger partial charge is 0.468 e. The molecule has 0 spiro atoms. The lowest BCUT2D eigenvalue weighted by atomic mass is 9.95. The topological polar surface area (TPSA) is 114 Å². The second-order valence-corrected chi connectivity index (χ2v) is 9.94. The predicted octanol–water partition coefficient (Wildman–Crippen LogP) is 3.84. The van der Waals surface area contributed by atoms with Crippen LogP contribution in [0.15, 0.2) is 30.8 Å². The normalized spacial score (nSPS) is 13.7. The molecule has 0 fully saturated rings. The summed E-state index contributed by atoms with van der Waals surface area (Å²) in [4.78, 5) is 53.2. The number of amides is 3. The van der Waals surface area contributed by atoms with Gasteiger partial charge in [0.2, 0.25) is 11.8 Å². The van der Waals surface area contributed by atoms with Gasteiger partial charge in [0.1, 0.15) is 24.2 Å². The number of methoxy groups -OCH3 is 1. The zero-order valence-electron chi connectivity index (χ0n) is 22.7. The van der Waals surface area contributed by atoms with Crippen LogP contribution in [0.1, 0.15) is 72.1 Å². The fourth-order valence-electron chi connectivity index (χ4n) is 3.53. The van der Waals surface area contributed by atoms with Crippen molar-refractivity contribution in [2.24, 2.45) is 5.92 Å². The molecule has 0 aromatic heterocycles. The molecule has 3 amide bonds. The minimum atomic E-state index is -1.07. The minimum absolute atomic E-state index is 0.296. The molecule has 0 bridgehead atoms. The van der Waals surface area contributed by atoms with E-state index in [1.165, 1.54) is 12.0 Å². The molecule has 0 radical (unpaired) electrons. The Balaban J connectivity index is 3.55. The van der Waals surface area contributed by atoms with E-state index in [0.717, 1.165) is 5.56 Å². The van der Waals surface area contributed by atoms with Gasteiger partial charge in [-0.3, -0.25) is 14.4 Å². The number of nitrogens with zero attached hydrogens (tertiary/aromatic N) is 1. The fraction of sp³-hybridized carbons (Fsp3) is 0.556. The van der Waals surface area contributed by atoms with E-state index in [4.69, 9.17) is 4.74 Å². The summed E-state index contributed by atoms with van der Waals surface area (Å²) in [6.07, 6.45) is 1.47. The maximum atomic E-state index is 14.0. The fourth-order valence-corrected chi connectivity index (χ4v) is 3.53. The monoisotopic (exact) mass is 503 g/mol. The molecular formula is C27H41N3O6. The Kier molecular flexibility index (Phi) is 11.6. The van der Waals surface area contributed by atoms with Gasteiger partial charge in [0.05, 0.1) is 7.11 Å².